The molecule has 0 radical (unpaired) electrons. The lowest BCUT2D eigenvalue weighted by atomic mass is 10.1. The van der Waals surface area contributed by atoms with Gasteiger partial charge in [0.1, 0.15) is 0 Å². The molecule has 0 fully saturated rings. The molecule has 16 heavy (non-hydrogen) atoms. The molecule has 0 aliphatic rings. The van der Waals surface area contributed by atoms with Crippen molar-refractivity contribution in [2.24, 2.45) is 0 Å². The summed E-state index contributed by atoms with van der Waals surface area (Å²) < 4.78 is 0. The van der Waals surface area contributed by atoms with Gasteiger partial charge in [-0.25, -0.2) is 0 Å². The molecule has 0 saturated heterocycles. The summed E-state index contributed by atoms with van der Waals surface area (Å²) in [6.45, 7) is 0. The van der Waals surface area contributed by atoms with E-state index in [1.807, 2.05) is 55.4 Å². The fourth-order valence-corrected chi connectivity index (χ4v) is 1.59. The molecular weight excluding hydrogens is 200 g/mol. The van der Waals surface area contributed by atoms with Gasteiger partial charge in [-0.3, -0.25) is 4.79 Å². The lowest BCUT2D eigenvalue weighted by Gasteiger charge is -2.12. The van der Waals surface area contributed by atoms with Gasteiger partial charge in [0.05, 0.1) is 0 Å². The fraction of sp³-hybridized carbons (Fsp3) is 0.154. The van der Waals surface area contributed by atoms with Gasteiger partial charge >= 0.3 is 0 Å². The van der Waals surface area contributed by atoms with Gasteiger partial charge < -0.3 is 9.88 Å². The molecule has 2 aromatic rings. The molecule has 0 bridgehead atoms. The molecule has 1 aromatic heterocycles. The molecular formula is C13H14N2O. The third-order valence-corrected chi connectivity index (χ3v) is 2.51. The highest BCUT2D eigenvalue weighted by Gasteiger charge is 2.02. The highest BCUT2D eigenvalue weighted by molar-refractivity contribution is 5.65. The SMILES string of the molecule is CN(C)c1ccc(-c2ccc[nH]c2=O)cc1. The molecule has 0 aliphatic heterocycles. The summed E-state index contributed by atoms with van der Waals surface area (Å²) in [5.41, 5.74) is 2.71. The normalized spacial score (nSPS) is 10.1. The molecule has 0 unspecified atom stereocenters. The number of aromatic amines is 1. The first-order chi connectivity index (χ1) is 7.68. The number of benzene rings is 1. The van der Waals surface area contributed by atoms with E-state index in [0.29, 0.717) is 5.56 Å². The number of rotatable bonds is 2. The highest BCUT2D eigenvalue weighted by Crippen LogP contribution is 2.19. The number of anilines is 1. The van der Waals surface area contributed by atoms with Gasteiger partial charge in [0, 0.05) is 31.5 Å². The van der Waals surface area contributed by atoms with Crippen LogP contribution in [-0.2, 0) is 0 Å². The minimum Gasteiger partial charge on any atom is -0.378 e. The highest BCUT2D eigenvalue weighted by atomic mass is 16.1. The second kappa shape index (κ2) is 4.23. The van der Waals surface area contributed by atoms with Crippen molar-refractivity contribution in [1.82, 2.24) is 4.98 Å². The summed E-state index contributed by atoms with van der Waals surface area (Å²) in [6, 6.07) is 11.6. The summed E-state index contributed by atoms with van der Waals surface area (Å²) in [4.78, 5) is 16.3. The lowest BCUT2D eigenvalue weighted by molar-refractivity contribution is 1.13. The van der Waals surface area contributed by atoms with Gasteiger partial charge in [0.25, 0.3) is 5.56 Å². The van der Waals surface area contributed by atoms with Crippen LogP contribution in [0.1, 0.15) is 0 Å². The zero-order chi connectivity index (χ0) is 11.5. The Kier molecular flexibility index (Phi) is 2.77. The van der Waals surface area contributed by atoms with Crippen molar-refractivity contribution in [2.75, 3.05) is 19.0 Å². The van der Waals surface area contributed by atoms with E-state index in [1.54, 1.807) is 6.20 Å². The van der Waals surface area contributed by atoms with E-state index < -0.39 is 0 Å². The molecule has 3 heteroatoms. The molecule has 0 saturated carbocycles. The van der Waals surface area contributed by atoms with E-state index in [1.165, 1.54) is 0 Å². The number of hydrogen-bond donors (Lipinski definition) is 1. The van der Waals surface area contributed by atoms with Crippen LogP contribution in [0.25, 0.3) is 11.1 Å². The number of nitrogens with zero attached hydrogens (tertiary/aromatic N) is 1. The first-order valence-electron chi connectivity index (χ1n) is 5.14. The third kappa shape index (κ3) is 1.98. The Morgan fingerprint density at radius 3 is 2.31 bits per heavy atom. The zero-order valence-electron chi connectivity index (χ0n) is 9.40. The van der Waals surface area contributed by atoms with Crippen LogP contribution in [0.15, 0.2) is 47.4 Å². The number of pyridine rings is 1. The fourth-order valence-electron chi connectivity index (χ4n) is 1.59. The van der Waals surface area contributed by atoms with Crippen molar-refractivity contribution in [2.45, 2.75) is 0 Å². The van der Waals surface area contributed by atoms with Crippen LogP contribution in [0, 0.1) is 0 Å². The summed E-state index contributed by atoms with van der Waals surface area (Å²) in [6.07, 6.45) is 1.64. The average Bonchev–Trinajstić information content (AvgIpc) is 2.30. The van der Waals surface area contributed by atoms with Crippen LogP contribution in [0.3, 0.4) is 0 Å². The van der Waals surface area contributed by atoms with Crippen LogP contribution >= 0.6 is 0 Å². The average molecular weight is 214 g/mol. The Bertz CT molecular complexity index is 526. The number of nitrogens with one attached hydrogen (secondary N) is 1. The summed E-state index contributed by atoms with van der Waals surface area (Å²) in [5.74, 6) is 0. The molecule has 1 N–H and O–H groups in total. The Labute approximate surface area is 94.4 Å². The number of H-pyrrole nitrogens is 1. The minimum atomic E-state index is -0.0555. The summed E-state index contributed by atoms with van der Waals surface area (Å²) in [5, 5.41) is 0. The molecule has 0 spiro atoms. The van der Waals surface area contributed by atoms with Crippen LogP contribution in [-0.4, -0.2) is 19.1 Å². The second-order valence-corrected chi connectivity index (χ2v) is 3.85. The van der Waals surface area contributed by atoms with Gasteiger partial charge in [-0.2, -0.15) is 0 Å². The van der Waals surface area contributed by atoms with Crippen molar-refractivity contribution >= 4 is 5.69 Å². The van der Waals surface area contributed by atoms with E-state index in [9.17, 15) is 4.79 Å². The molecule has 0 atom stereocenters. The van der Waals surface area contributed by atoms with Crippen LogP contribution in [0.4, 0.5) is 5.69 Å². The maximum absolute atomic E-state index is 11.6. The Morgan fingerprint density at radius 2 is 1.75 bits per heavy atom. The van der Waals surface area contributed by atoms with Gasteiger partial charge in [0.15, 0.2) is 0 Å². The Balaban J connectivity index is 2.43. The topological polar surface area (TPSA) is 36.1 Å². The number of hydrogen-bond acceptors (Lipinski definition) is 2. The van der Waals surface area contributed by atoms with Crippen molar-refractivity contribution in [3.8, 4) is 11.1 Å². The molecule has 1 aromatic carbocycles. The summed E-state index contributed by atoms with van der Waals surface area (Å²) in [7, 11) is 3.98. The quantitative estimate of drug-likeness (QED) is 0.831. The van der Waals surface area contributed by atoms with Crippen molar-refractivity contribution in [3.05, 3.63) is 52.9 Å². The van der Waals surface area contributed by atoms with E-state index in [0.717, 1.165) is 11.3 Å². The third-order valence-electron chi connectivity index (χ3n) is 2.51. The predicted molar refractivity (Wildman–Crippen MR) is 66.8 cm³/mol. The zero-order valence-corrected chi connectivity index (χ0v) is 9.40. The van der Waals surface area contributed by atoms with Crippen molar-refractivity contribution in [1.29, 1.82) is 0 Å². The van der Waals surface area contributed by atoms with Crippen molar-refractivity contribution in [3.63, 3.8) is 0 Å². The monoisotopic (exact) mass is 214 g/mol. The van der Waals surface area contributed by atoms with E-state index >= 15 is 0 Å². The maximum atomic E-state index is 11.6. The van der Waals surface area contributed by atoms with Gasteiger partial charge in [-0.1, -0.05) is 12.1 Å². The first-order valence-corrected chi connectivity index (χ1v) is 5.14. The predicted octanol–water partition coefficient (Wildman–Crippen LogP) is 2.11. The molecule has 3 nitrogen and oxygen atoms in total. The molecule has 82 valence electrons. The van der Waals surface area contributed by atoms with Gasteiger partial charge in [0.2, 0.25) is 0 Å². The second-order valence-electron chi connectivity index (χ2n) is 3.85. The van der Waals surface area contributed by atoms with Gasteiger partial charge in [-0.15, -0.1) is 0 Å². The summed E-state index contributed by atoms with van der Waals surface area (Å²) >= 11 is 0. The molecule has 0 amide bonds. The maximum Gasteiger partial charge on any atom is 0.255 e. The number of aromatic nitrogens is 1. The molecule has 2 rings (SSSR count). The van der Waals surface area contributed by atoms with E-state index in [4.69, 9.17) is 0 Å². The largest absolute Gasteiger partial charge is 0.378 e. The standard InChI is InChI=1S/C13H14N2O/c1-15(2)11-7-5-10(6-8-11)12-4-3-9-14-13(12)16/h3-9H,1-2H3,(H,14,16). The molecule has 0 aliphatic carbocycles. The minimum absolute atomic E-state index is 0.0555. The van der Waals surface area contributed by atoms with E-state index in [2.05, 4.69) is 4.98 Å². The van der Waals surface area contributed by atoms with Crippen LogP contribution < -0.4 is 10.5 Å². The van der Waals surface area contributed by atoms with Gasteiger partial charge in [-0.05, 0) is 29.8 Å². The Hall–Kier alpha value is -2.03. The van der Waals surface area contributed by atoms with E-state index in [-0.39, 0.29) is 5.56 Å². The van der Waals surface area contributed by atoms with Crippen LogP contribution in [0.2, 0.25) is 0 Å². The lowest BCUT2D eigenvalue weighted by Crippen LogP contribution is -2.09. The van der Waals surface area contributed by atoms with Crippen LogP contribution in [0.5, 0.6) is 0 Å². The van der Waals surface area contributed by atoms with Crippen molar-refractivity contribution < 1.29 is 0 Å². The first kappa shape index (κ1) is 10.5. The molecule has 1 heterocycles. The Morgan fingerprint density at radius 1 is 1.06 bits per heavy atom. The smallest absolute Gasteiger partial charge is 0.255 e.